The number of nitrogens with zero attached hydrogens (tertiary/aromatic N) is 6. The van der Waals surface area contributed by atoms with Crippen molar-refractivity contribution in [2.24, 2.45) is 5.73 Å². The minimum Gasteiger partial charge on any atom is -0.434 e. The van der Waals surface area contributed by atoms with Gasteiger partial charge >= 0.3 is 6.61 Å². The fraction of sp³-hybridized carbons (Fsp3) is 0.320. The van der Waals surface area contributed by atoms with E-state index in [0.717, 1.165) is 5.69 Å². The Morgan fingerprint density at radius 2 is 1.97 bits per heavy atom. The van der Waals surface area contributed by atoms with Crippen LogP contribution >= 0.6 is 0 Å². The largest absolute Gasteiger partial charge is 0.434 e. The van der Waals surface area contributed by atoms with Gasteiger partial charge < -0.3 is 20.1 Å². The molecule has 1 saturated heterocycles. The topological polar surface area (TPSA) is 121 Å². The third-order valence-electron chi connectivity index (χ3n) is 7.41. The maximum Gasteiger partial charge on any atom is 0.387 e. The first-order valence-corrected chi connectivity index (χ1v) is 11.8. The van der Waals surface area contributed by atoms with E-state index in [1.165, 1.54) is 6.07 Å². The average molecular weight is 505 g/mol. The first-order valence-electron chi connectivity index (χ1n) is 11.8. The Morgan fingerprint density at radius 3 is 2.68 bits per heavy atom. The van der Waals surface area contributed by atoms with E-state index in [1.54, 1.807) is 41.0 Å². The molecule has 1 amide bonds. The van der Waals surface area contributed by atoms with E-state index in [0.29, 0.717) is 59.2 Å². The number of imidazole rings is 1. The highest BCUT2D eigenvalue weighted by Gasteiger charge is 2.46. The minimum atomic E-state index is -3.02. The highest BCUT2D eigenvalue weighted by molar-refractivity contribution is 5.98. The van der Waals surface area contributed by atoms with Gasteiger partial charge in [-0.15, -0.1) is 0 Å². The smallest absolute Gasteiger partial charge is 0.387 e. The molecule has 2 unspecified atom stereocenters. The lowest BCUT2D eigenvalue weighted by Crippen LogP contribution is -2.55. The van der Waals surface area contributed by atoms with Crippen LogP contribution in [0.25, 0.3) is 16.9 Å². The number of alkyl halides is 2. The molecule has 0 saturated carbocycles. The number of rotatable bonds is 4. The summed E-state index contributed by atoms with van der Waals surface area (Å²) >= 11 is 0. The van der Waals surface area contributed by atoms with Gasteiger partial charge in [0.05, 0.1) is 36.3 Å². The van der Waals surface area contributed by atoms with Crippen LogP contribution in [0.15, 0.2) is 42.7 Å². The molecule has 2 atom stereocenters. The van der Waals surface area contributed by atoms with E-state index in [2.05, 4.69) is 9.97 Å². The summed E-state index contributed by atoms with van der Waals surface area (Å²) in [5, 5.41) is 4.83. The van der Waals surface area contributed by atoms with Gasteiger partial charge in [-0.25, -0.2) is 19.5 Å². The van der Waals surface area contributed by atoms with Gasteiger partial charge in [0.15, 0.2) is 11.5 Å². The van der Waals surface area contributed by atoms with Crippen molar-refractivity contribution in [3.8, 4) is 17.0 Å². The molecule has 37 heavy (non-hydrogen) atoms. The first kappa shape index (κ1) is 22.2. The highest BCUT2D eigenvalue weighted by Crippen LogP contribution is 2.52. The normalized spacial score (nSPS) is 21.5. The number of carbonyl (C=O) groups excluding carboxylic acids is 1. The summed E-state index contributed by atoms with van der Waals surface area (Å²) in [4.78, 5) is 28.5. The van der Waals surface area contributed by atoms with Crippen LogP contribution in [-0.2, 0) is 10.3 Å². The molecular formula is C25H21F2N7O3. The number of carbonyl (C=O) groups is 1. The van der Waals surface area contributed by atoms with Crippen LogP contribution in [0.1, 0.15) is 51.5 Å². The summed E-state index contributed by atoms with van der Waals surface area (Å²) in [5.74, 6) is -0.178. The second-order valence-corrected chi connectivity index (χ2v) is 9.63. The van der Waals surface area contributed by atoms with Crippen LogP contribution in [0.5, 0.6) is 5.75 Å². The second kappa shape index (κ2) is 7.73. The van der Waals surface area contributed by atoms with Crippen molar-refractivity contribution in [3.63, 3.8) is 0 Å². The number of benzene rings is 1. The molecule has 0 radical (unpaired) electrons. The lowest BCUT2D eigenvalue weighted by atomic mass is 9.91. The van der Waals surface area contributed by atoms with Crippen LogP contribution in [0, 0.1) is 0 Å². The van der Waals surface area contributed by atoms with E-state index in [1.807, 2.05) is 12.1 Å². The SMILES string of the molecule is CN1C(=O)c2cccc(OC(F)F)c2C2CC1c1nc3ccc(-c4cnc(C5(N)COC5)nc4)nn3c12. The molecule has 2 aliphatic heterocycles. The molecule has 4 aromatic rings. The Bertz CT molecular complexity index is 1570. The summed E-state index contributed by atoms with van der Waals surface area (Å²) in [6.07, 6.45) is 3.82. The van der Waals surface area contributed by atoms with Crippen molar-refractivity contribution in [3.05, 3.63) is 71.1 Å². The fourth-order valence-corrected chi connectivity index (χ4v) is 5.52. The summed E-state index contributed by atoms with van der Waals surface area (Å²) in [7, 11) is 1.70. The molecule has 1 aromatic carbocycles. The Labute approximate surface area is 209 Å². The van der Waals surface area contributed by atoms with Crippen molar-refractivity contribution in [1.82, 2.24) is 29.5 Å². The number of hydrogen-bond acceptors (Lipinski definition) is 8. The lowest BCUT2D eigenvalue weighted by Gasteiger charge is -2.35. The van der Waals surface area contributed by atoms with Crippen LogP contribution < -0.4 is 10.5 Å². The molecule has 188 valence electrons. The summed E-state index contributed by atoms with van der Waals surface area (Å²) in [6.45, 7) is -2.28. The molecule has 1 aliphatic carbocycles. The summed E-state index contributed by atoms with van der Waals surface area (Å²) < 4.78 is 38.4. The molecule has 12 heteroatoms. The Kier molecular flexibility index (Phi) is 4.64. The zero-order valence-corrected chi connectivity index (χ0v) is 19.6. The van der Waals surface area contributed by atoms with Crippen LogP contribution in [0.3, 0.4) is 0 Å². The molecule has 2 bridgehead atoms. The van der Waals surface area contributed by atoms with E-state index in [4.69, 9.17) is 25.3 Å². The average Bonchev–Trinajstić information content (AvgIpc) is 3.40. The predicted molar refractivity (Wildman–Crippen MR) is 125 cm³/mol. The fourth-order valence-electron chi connectivity index (χ4n) is 5.52. The van der Waals surface area contributed by atoms with Crippen LogP contribution in [0.4, 0.5) is 8.78 Å². The number of fused-ring (bicyclic) bond motifs is 9. The zero-order valence-electron chi connectivity index (χ0n) is 19.6. The predicted octanol–water partition coefficient (Wildman–Crippen LogP) is 2.63. The highest BCUT2D eigenvalue weighted by atomic mass is 19.3. The van der Waals surface area contributed by atoms with E-state index >= 15 is 0 Å². The third-order valence-corrected chi connectivity index (χ3v) is 7.41. The Morgan fingerprint density at radius 1 is 1.19 bits per heavy atom. The number of halogens is 2. The van der Waals surface area contributed by atoms with Crippen molar-refractivity contribution in [1.29, 1.82) is 0 Å². The molecule has 3 aromatic heterocycles. The van der Waals surface area contributed by atoms with Crippen molar-refractivity contribution >= 4 is 11.6 Å². The standard InChI is InChI=1S/C25H21F2N7O3/c1-33-16-7-14(19-13(22(33)35)3-2-4-17(19)37-24(26)27)21-20(16)31-18-6-5-15(32-34(18)21)12-8-29-23(30-9-12)25(28)10-36-11-25/h2-6,8-9,14,16,24H,7,10-11,28H2,1H3. The van der Waals surface area contributed by atoms with Crippen molar-refractivity contribution in [2.45, 2.75) is 30.5 Å². The molecule has 2 N–H and O–H groups in total. The first-order chi connectivity index (χ1) is 17.8. The maximum atomic E-state index is 13.3. The van der Waals surface area contributed by atoms with Gasteiger partial charge in [-0.3, -0.25) is 4.79 Å². The maximum absolute atomic E-state index is 13.3. The van der Waals surface area contributed by atoms with Crippen molar-refractivity contribution < 1.29 is 23.0 Å². The van der Waals surface area contributed by atoms with E-state index in [-0.39, 0.29) is 17.7 Å². The third kappa shape index (κ3) is 3.18. The number of nitrogens with two attached hydrogens (primary N) is 1. The van der Waals surface area contributed by atoms with Gasteiger partial charge in [-0.2, -0.15) is 13.9 Å². The van der Waals surface area contributed by atoms with Gasteiger partial charge in [-0.05, 0) is 30.7 Å². The molecule has 7 rings (SSSR count). The Balaban J connectivity index is 1.37. The zero-order chi connectivity index (χ0) is 25.5. The number of ether oxygens (including phenoxy) is 2. The van der Waals surface area contributed by atoms with E-state index in [9.17, 15) is 13.6 Å². The van der Waals surface area contributed by atoms with Gasteiger partial charge in [0.1, 0.15) is 11.3 Å². The van der Waals surface area contributed by atoms with Gasteiger partial charge in [0.2, 0.25) is 0 Å². The second-order valence-electron chi connectivity index (χ2n) is 9.63. The molecule has 1 fully saturated rings. The quantitative estimate of drug-likeness (QED) is 0.450. The van der Waals surface area contributed by atoms with Gasteiger partial charge in [0, 0.05) is 42.0 Å². The lowest BCUT2D eigenvalue weighted by molar-refractivity contribution is -0.0613. The number of amides is 1. The monoisotopic (exact) mass is 505 g/mol. The minimum absolute atomic E-state index is 0.0152. The van der Waals surface area contributed by atoms with Gasteiger partial charge in [0.25, 0.3) is 5.91 Å². The molecule has 3 aliphatic rings. The summed E-state index contributed by atoms with van der Waals surface area (Å²) in [5.41, 5.74) is 9.66. The van der Waals surface area contributed by atoms with Crippen LogP contribution in [-0.4, -0.2) is 62.2 Å². The van der Waals surface area contributed by atoms with Gasteiger partial charge in [-0.1, -0.05) is 6.07 Å². The summed E-state index contributed by atoms with van der Waals surface area (Å²) in [6, 6.07) is 7.99. The molecule has 0 spiro atoms. The Hall–Kier alpha value is -4.03. The van der Waals surface area contributed by atoms with Crippen LogP contribution in [0.2, 0.25) is 0 Å². The molecular weight excluding hydrogens is 484 g/mol. The molecule has 5 heterocycles. The van der Waals surface area contributed by atoms with E-state index < -0.39 is 18.1 Å². The number of hydrogen-bond donors (Lipinski definition) is 1. The van der Waals surface area contributed by atoms with Crippen molar-refractivity contribution in [2.75, 3.05) is 20.3 Å². The molecule has 10 nitrogen and oxygen atoms in total. The number of aromatic nitrogens is 5.